The monoisotopic (exact) mass is 339 g/mol. The molecule has 1 aliphatic heterocycles. The minimum absolute atomic E-state index is 0.282. The summed E-state index contributed by atoms with van der Waals surface area (Å²) in [4.78, 5) is 9.48. The molecule has 1 N–H and O–H groups in total. The fourth-order valence-corrected chi connectivity index (χ4v) is 3.61. The first-order valence-electron chi connectivity index (χ1n) is 9.18. The molecule has 0 unspecified atom stereocenters. The topological polar surface area (TPSA) is 64.3 Å². The summed E-state index contributed by atoms with van der Waals surface area (Å²) < 4.78 is 7.64. The van der Waals surface area contributed by atoms with E-state index in [9.17, 15) is 0 Å². The first-order valence-corrected chi connectivity index (χ1v) is 9.18. The van der Waals surface area contributed by atoms with Crippen LogP contribution in [0.5, 0.6) is 0 Å². The molecule has 0 aromatic carbocycles. The lowest BCUT2D eigenvalue weighted by atomic mass is 10.2. The molecule has 4 heterocycles. The normalized spacial score (nSPS) is 17.6. The van der Waals surface area contributed by atoms with Crippen molar-refractivity contribution in [3.63, 3.8) is 0 Å². The summed E-state index contributed by atoms with van der Waals surface area (Å²) in [6, 6.07) is 4.21. The van der Waals surface area contributed by atoms with Gasteiger partial charge in [-0.3, -0.25) is 0 Å². The van der Waals surface area contributed by atoms with Gasteiger partial charge in [-0.15, -0.1) is 5.10 Å². The van der Waals surface area contributed by atoms with E-state index < -0.39 is 0 Å². The van der Waals surface area contributed by atoms with Crippen LogP contribution < -0.4 is 5.32 Å². The number of rotatable bonds is 5. The molecular weight excluding hydrogens is 314 g/mol. The highest BCUT2D eigenvalue weighted by atomic mass is 16.5. The van der Waals surface area contributed by atoms with Gasteiger partial charge >= 0.3 is 0 Å². The van der Waals surface area contributed by atoms with Gasteiger partial charge in [-0.25, -0.2) is 9.97 Å². The Labute approximate surface area is 147 Å². The second-order valence-electron chi connectivity index (χ2n) is 6.91. The molecule has 3 aromatic heterocycles. The summed E-state index contributed by atoms with van der Waals surface area (Å²) in [5, 5.41) is 9.30. The standard InChI is InChI=1S/C19H25N5O/c1-4-6-14-10-16(20-11-15-7-5-8-25-15)24-19(22-14)17-12(2)9-13(3)21-18(17)23-24/h9-10,15,20H,4-8,11H2,1-3H3/t15-/m0/s1. The first-order chi connectivity index (χ1) is 12.2. The number of aryl methyl sites for hydroxylation is 3. The van der Waals surface area contributed by atoms with Gasteiger partial charge in [-0.05, 0) is 44.7 Å². The molecule has 3 aromatic rings. The molecule has 1 atom stereocenters. The number of fused-ring (bicyclic) bond motifs is 3. The van der Waals surface area contributed by atoms with Gasteiger partial charge in [-0.1, -0.05) is 13.3 Å². The molecule has 1 aliphatic rings. The Hall–Kier alpha value is -2.21. The number of aromatic nitrogens is 4. The Morgan fingerprint density at radius 2 is 2.16 bits per heavy atom. The number of nitrogens with zero attached hydrogens (tertiary/aromatic N) is 4. The minimum Gasteiger partial charge on any atom is -0.376 e. The smallest absolute Gasteiger partial charge is 0.184 e. The van der Waals surface area contributed by atoms with Crippen LogP contribution in [-0.2, 0) is 11.2 Å². The number of ether oxygens (including phenoxy) is 1. The lowest BCUT2D eigenvalue weighted by Gasteiger charge is -2.14. The molecule has 25 heavy (non-hydrogen) atoms. The maximum atomic E-state index is 5.74. The van der Waals surface area contributed by atoms with Crippen molar-refractivity contribution in [1.82, 2.24) is 19.6 Å². The second kappa shape index (κ2) is 6.59. The van der Waals surface area contributed by atoms with Crippen molar-refractivity contribution in [2.45, 2.75) is 52.6 Å². The summed E-state index contributed by atoms with van der Waals surface area (Å²) in [6.45, 7) is 7.95. The zero-order valence-corrected chi connectivity index (χ0v) is 15.2. The van der Waals surface area contributed by atoms with Gasteiger partial charge in [0.05, 0.1) is 11.5 Å². The fourth-order valence-electron chi connectivity index (χ4n) is 3.61. The number of nitrogens with one attached hydrogen (secondary N) is 1. The van der Waals surface area contributed by atoms with E-state index in [0.29, 0.717) is 0 Å². The lowest BCUT2D eigenvalue weighted by Crippen LogP contribution is -2.20. The van der Waals surface area contributed by atoms with E-state index >= 15 is 0 Å². The van der Waals surface area contributed by atoms with E-state index in [0.717, 1.165) is 72.7 Å². The molecule has 0 radical (unpaired) electrons. The summed E-state index contributed by atoms with van der Waals surface area (Å²) >= 11 is 0. The van der Waals surface area contributed by atoms with Crippen LogP contribution in [0.15, 0.2) is 12.1 Å². The molecule has 1 saturated heterocycles. The van der Waals surface area contributed by atoms with Gasteiger partial charge < -0.3 is 10.1 Å². The Kier molecular flexibility index (Phi) is 4.29. The van der Waals surface area contributed by atoms with Crippen LogP contribution in [-0.4, -0.2) is 38.8 Å². The largest absolute Gasteiger partial charge is 0.376 e. The molecule has 6 heteroatoms. The van der Waals surface area contributed by atoms with Crippen LogP contribution in [0, 0.1) is 13.8 Å². The zero-order valence-electron chi connectivity index (χ0n) is 15.2. The SMILES string of the molecule is CCCc1cc(NC[C@@H]2CCCO2)n2nc3nc(C)cc(C)c3c2n1. The van der Waals surface area contributed by atoms with Crippen molar-refractivity contribution in [2.75, 3.05) is 18.5 Å². The molecule has 0 amide bonds. The average molecular weight is 339 g/mol. The summed E-state index contributed by atoms with van der Waals surface area (Å²) in [7, 11) is 0. The molecule has 0 bridgehead atoms. The molecular formula is C19H25N5O. The van der Waals surface area contributed by atoms with Gasteiger partial charge in [0, 0.05) is 30.6 Å². The molecule has 6 nitrogen and oxygen atoms in total. The highest BCUT2D eigenvalue weighted by Crippen LogP contribution is 2.25. The molecule has 1 fully saturated rings. The summed E-state index contributed by atoms with van der Waals surface area (Å²) in [5.41, 5.74) is 4.89. The minimum atomic E-state index is 0.282. The van der Waals surface area contributed by atoms with Crippen LogP contribution in [0.1, 0.15) is 43.1 Å². The number of anilines is 1. The lowest BCUT2D eigenvalue weighted by molar-refractivity contribution is 0.120. The zero-order chi connectivity index (χ0) is 17.4. The van der Waals surface area contributed by atoms with Crippen LogP contribution >= 0.6 is 0 Å². The van der Waals surface area contributed by atoms with E-state index in [4.69, 9.17) is 14.8 Å². The highest BCUT2D eigenvalue weighted by Gasteiger charge is 2.18. The highest BCUT2D eigenvalue weighted by molar-refractivity contribution is 5.93. The summed E-state index contributed by atoms with van der Waals surface area (Å²) in [6.07, 6.45) is 4.56. The Morgan fingerprint density at radius 3 is 2.92 bits per heavy atom. The molecule has 132 valence electrons. The van der Waals surface area contributed by atoms with Crippen LogP contribution in [0.3, 0.4) is 0 Å². The van der Waals surface area contributed by atoms with Gasteiger partial charge in [0.1, 0.15) is 5.82 Å². The third-order valence-electron chi connectivity index (χ3n) is 4.77. The molecule has 0 aliphatic carbocycles. The Balaban J connectivity index is 1.82. The predicted octanol–water partition coefficient (Wildman–Crippen LogP) is 3.44. The van der Waals surface area contributed by atoms with Crippen molar-refractivity contribution in [3.8, 4) is 0 Å². The van der Waals surface area contributed by atoms with Gasteiger partial charge in [0.25, 0.3) is 0 Å². The predicted molar refractivity (Wildman–Crippen MR) is 99.2 cm³/mol. The van der Waals surface area contributed by atoms with E-state index in [1.165, 1.54) is 5.56 Å². The van der Waals surface area contributed by atoms with E-state index in [1.54, 1.807) is 0 Å². The van der Waals surface area contributed by atoms with Crippen molar-refractivity contribution in [3.05, 3.63) is 29.1 Å². The third kappa shape index (κ3) is 3.06. The van der Waals surface area contributed by atoms with Crippen molar-refractivity contribution >= 4 is 22.5 Å². The van der Waals surface area contributed by atoms with Crippen molar-refractivity contribution < 1.29 is 4.74 Å². The number of hydrogen-bond donors (Lipinski definition) is 1. The summed E-state index contributed by atoms with van der Waals surface area (Å²) in [5.74, 6) is 0.971. The van der Waals surface area contributed by atoms with E-state index in [2.05, 4.69) is 36.3 Å². The fraction of sp³-hybridized carbons (Fsp3) is 0.526. The molecule has 0 saturated carbocycles. The van der Waals surface area contributed by atoms with Crippen LogP contribution in [0.25, 0.3) is 16.7 Å². The first kappa shape index (κ1) is 16.3. The second-order valence-corrected chi connectivity index (χ2v) is 6.91. The quantitative estimate of drug-likeness (QED) is 0.771. The van der Waals surface area contributed by atoms with Crippen LogP contribution in [0.4, 0.5) is 5.82 Å². The van der Waals surface area contributed by atoms with Crippen molar-refractivity contribution in [2.24, 2.45) is 0 Å². The Bertz CT molecular complexity index is 911. The van der Waals surface area contributed by atoms with Gasteiger partial charge in [-0.2, -0.15) is 4.52 Å². The van der Waals surface area contributed by atoms with Gasteiger partial charge in [0.2, 0.25) is 0 Å². The maximum absolute atomic E-state index is 5.74. The van der Waals surface area contributed by atoms with Gasteiger partial charge in [0.15, 0.2) is 11.3 Å². The molecule has 4 rings (SSSR count). The van der Waals surface area contributed by atoms with Crippen LogP contribution in [0.2, 0.25) is 0 Å². The number of pyridine rings is 1. The average Bonchev–Trinajstić information content (AvgIpc) is 3.20. The molecule has 0 spiro atoms. The van der Waals surface area contributed by atoms with E-state index in [-0.39, 0.29) is 6.10 Å². The maximum Gasteiger partial charge on any atom is 0.184 e. The number of hydrogen-bond acceptors (Lipinski definition) is 5. The van der Waals surface area contributed by atoms with Crippen molar-refractivity contribution in [1.29, 1.82) is 0 Å². The van der Waals surface area contributed by atoms with E-state index in [1.807, 2.05) is 11.4 Å². The third-order valence-corrected chi connectivity index (χ3v) is 4.77. The Morgan fingerprint density at radius 1 is 1.28 bits per heavy atom.